The number of hydrogen-bond acceptors (Lipinski definition) is 4. The van der Waals surface area contributed by atoms with Crippen LogP contribution >= 0.6 is 0 Å². The number of nitrogens with zero attached hydrogens (tertiary/aromatic N) is 1. The minimum Gasteiger partial charge on any atom is -0.493 e. The van der Waals surface area contributed by atoms with E-state index in [4.69, 9.17) is 9.47 Å². The molecule has 1 atom stereocenters. The summed E-state index contributed by atoms with van der Waals surface area (Å²) < 4.78 is 10.8. The zero-order valence-corrected chi connectivity index (χ0v) is 16.9. The van der Waals surface area contributed by atoms with Gasteiger partial charge in [0.05, 0.1) is 20.3 Å². The maximum atomic E-state index is 12.6. The third-order valence-electron chi connectivity index (χ3n) is 4.68. The lowest BCUT2D eigenvalue weighted by Gasteiger charge is -2.37. The molecule has 0 aliphatic carbocycles. The predicted octanol–water partition coefficient (Wildman–Crippen LogP) is 2.49. The summed E-state index contributed by atoms with van der Waals surface area (Å²) in [5.41, 5.74) is 2.09. The Kier molecular flexibility index (Phi) is 7.33. The van der Waals surface area contributed by atoms with Crippen LogP contribution in [0.25, 0.3) is 0 Å². The fraction of sp³-hybridized carbons (Fsp3) is 0.600. The summed E-state index contributed by atoms with van der Waals surface area (Å²) in [5.74, 6) is 1.57. The first-order valence-corrected chi connectivity index (χ1v) is 9.47. The SMILES string of the molecule is CCNC(=O)N1CCc2cc(OC)c(OC)cc2C1CNC(=O)CC(C)C. The molecule has 0 bridgehead atoms. The fourth-order valence-corrected chi connectivity index (χ4v) is 3.40. The van der Waals surface area contributed by atoms with E-state index >= 15 is 0 Å². The number of fused-ring (bicyclic) bond motifs is 1. The summed E-state index contributed by atoms with van der Waals surface area (Å²) >= 11 is 0. The molecule has 2 N–H and O–H groups in total. The molecule has 3 amide bonds. The number of nitrogens with one attached hydrogen (secondary N) is 2. The highest BCUT2D eigenvalue weighted by Crippen LogP contribution is 2.37. The fourth-order valence-electron chi connectivity index (χ4n) is 3.40. The molecule has 1 aromatic rings. The first-order chi connectivity index (χ1) is 12.9. The Morgan fingerprint density at radius 2 is 1.85 bits per heavy atom. The highest BCUT2D eigenvalue weighted by atomic mass is 16.5. The average Bonchev–Trinajstić information content (AvgIpc) is 2.64. The van der Waals surface area contributed by atoms with Gasteiger partial charge in [0, 0.05) is 26.1 Å². The number of benzene rings is 1. The molecule has 7 heteroatoms. The molecule has 0 aromatic heterocycles. The van der Waals surface area contributed by atoms with Crippen LogP contribution in [-0.4, -0.2) is 50.7 Å². The normalized spacial score (nSPS) is 15.9. The molecule has 0 saturated carbocycles. The van der Waals surface area contributed by atoms with Crippen LogP contribution in [0.2, 0.25) is 0 Å². The summed E-state index contributed by atoms with van der Waals surface area (Å²) in [6, 6.07) is 3.50. The molecule has 1 aliphatic rings. The van der Waals surface area contributed by atoms with E-state index in [1.54, 1.807) is 19.1 Å². The van der Waals surface area contributed by atoms with Crippen LogP contribution in [0.15, 0.2) is 12.1 Å². The van der Waals surface area contributed by atoms with Gasteiger partial charge in [-0.1, -0.05) is 13.8 Å². The molecule has 150 valence electrons. The third kappa shape index (κ3) is 5.05. The Morgan fingerprint density at radius 3 is 2.44 bits per heavy atom. The monoisotopic (exact) mass is 377 g/mol. The predicted molar refractivity (Wildman–Crippen MR) is 104 cm³/mol. The van der Waals surface area contributed by atoms with Crippen LogP contribution in [0.3, 0.4) is 0 Å². The van der Waals surface area contributed by atoms with Gasteiger partial charge in [-0.2, -0.15) is 0 Å². The van der Waals surface area contributed by atoms with Gasteiger partial charge in [-0.3, -0.25) is 4.79 Å². The minimum atomic E-state index is -0.254. The lowest BCUT2D eigenvalue weighted by molar-refractivity contribution is -0.122. The number of carbonyl (C=O) groups is 2. The van der Waals surface area contributed by atoms with Crippen LogP contribution in [0.1, 0.15) is 44.4 Å². The van der Waals surface area contributed by atoms with Crippen molar-refractivity contribution in [2.45, 2.75) is 39.7 Å². The van der Waals surface area contributed by atoms with Crippen LogP contribution in [0, 0.1) is 5.92 Å². The highest BCUT2D eigenvalue weighted by molar-refractivity contribution is 5.77. The average molecular weight is 377 g/mol. The molecule has 1 aromatic carbocycles. The summed E-state index contributed by atoms with van der Waals surface area (Å²) in [6.07, 6.45) is 1.19. The van der Waals surface area contributed by atoms with Gasteiger partial charge in [0.2, 0.25) is 5.91 Å². The second-order valence-corrected chi connectivity index (χ2v) is 7.10. The van der Waals surface area contributed by atoms with Crippen LogP contribution in [0.5, 0.6) is 11.5 Å². The van der Waals surface area contributed by atoms with Crippen molar-refractivity contribution >= 4 is 11.9 Å². The van der Waals surface area contributed by atoms with Crippen molar-refractivity contribution in [2.75, 3.05) is 33.9 Å². The van der Waals surface area contributed by atoms with Gasteiger partial charge in [-0.25, -0.2) is 4.79 Å². The van der Waals surface area contributed by atoms with E-state index in [1.165, 1.54) is 0 Å². The molecule has 0 fully saturated rings. The number of methoxy groups -OCH3 is 2. The second kappa shape index (κ2) is 9.48. The lowest BCUT2D eigenvalue weighted by Crippen LogP contribution is -2.49. The van der Waals surface area contributed by atoms with Crippen molar-refractivity contribution in [3.05, 3.63) is 23.3 Å². The number of amides is 3. The number of carbonyl (C=O) groups excluding carboxylic acids is 2. The summed E-state index contributed by atoms with van der Waals surface area (Å²) in [5, 5.41) is 5.85. The van der Waals surface area contributed by atoms with Gasteiger partial charge in [-0.15, -0.1) is 0 Å². The number of urea groups is 1. The Balaban J connectivity index is 2.33. The van der Waals surface area contributed by atoms with Gasteiger partial charge >= 0.3 is 6.03 Å². The van der Waals surface area contributed by atoms with Crippen molar-refractivity contribution in [3.8, 4) is 11.5 Å². The maximum absolute atomic E-state index is 12.6. The van der Waals surface area contributed by atoms with Crippen LogP contribution < -0.4 is 20.1 Å². The minimum absolute atomic E-state index is 0.00606. The zero-order valence-electron chi connectivity index (χ0n) is 16.9. The number of ether oxygens (including phenoxy) is 2. The molecular weight excluding hydrogens is 346 g/mol. The second-order valence-electron chi connectivity index (χ2n) is 7.10. The van der Waals surface area contributed by atoms with E-state index in [1.807, 2.05) is 32.9 Å². The highest BCUT2D eigenvalue weighted by Gasteiger charge is 2.32. The van der Waals surface area contributed by atoms with E-state index in [-0.39, 0.29) is 23.9 Å². The quantitative estimate of drug-likeness (QED) is 0.765. The third-order valence-corrected chi connectivity index (χ3v) is 4.68. The lowest BCUT2D eigenvalue weighted by atomic mass is 9.91. The van der Waals surface area contributed by atoms with E-state index in [0.717, 1.165) is 17.5 Å². The largest absolute Gasteiger partial charge is 0.493 e. The van der Waals surface area contributed by atoms with Gasteiger partial charge in [-0.05, 0) is 42.5 Å². The molecule has 7 nitrogen and oxygen atoms in total. The van der Waals surface area contributed by atoms with E-state index in [9.17, 15) is 9.59 Å². The molecule has 2 rings (SSSR count). The summed E-state index contributed by atoms with van der Waals surface area (Å²) in [7, 11) is 3.20. The maximum Gasteiger partial charge on any atom is 0.317 e. The van der Waals surface area contributed by atoms with Crippen LogP contribution in [0.4, 0.5) is 4.79 Å². The Bertz CT molecular complexity index is 675. The molecule has 0 radical (unpaired) electrons. The summed E-state index contributed by atoms with van der Waals surface area (Å²) in [6.45, 7) is 7.41. The van der Waals surface area contributed by atoms with Crippen molar-refractivity contribution in [3.63, 3.8) is 0 Å². The van der Waals surface area contributed by atoms with Crippen LogP contribution in [-0.2, 0) is 11.2 Å². The van der Waals surface area contributed by atoms with Crippen molar-refractivity contribution in [1.82, 2.24) is 15.5 Å². The molecule has 0 spiro atoms. The Labute approximate surface area is 161 Å². The van der Waals surface area contributed by atoms with Gasteiger partial charge in [0.15, 0.2) is 11.5 Å². The number of hydrogen-bond donors (Lipinski definition) is 2. The van der Waals surface area contributed by atoms with Gasteiger partial charge < -0.3 is 25.0 Å². The van der Waals surface area contributed by atoms with Crippen molar-refractivity contribution in [2.24, 2.45) is 5.92 Å². The summed E-state index contributed by atoms with van der Waals surface area (Å²) in [4.78, 5) is 26.5. The van der Waals surface area contributed by atoms with E-state index in [2.05, 4.69) is 10.6 Å². The Morgan fingerprint density at radius 1 is 1.19 bits per heavy atom. The zero-order chi connectivity index (χ0) is 20.0. The molecule has 27 heavy (non-hydrogen) atoms. The molecule has 0 saturated heterocycles. The topological polar surface area (TPSA) is 79.9 Å². The van der Waals surface area contributed by atoms with E-state index in [0.29, 0.717) is 37.6 Å². The molecule has 1 heterocycles. The molecule has 1 unspecified atom stereocenters. The smallest absolute Gasteiger partial charge is 0.317 e. The van der Waals surface area contributed by atoms with Crippen molar-refractivity contribution in [1.29, 1.82) is 0 Å². The Hall–Kier alpha value is -2.44. The van der Waals surface area contributed by atoms with Gasteiger partial charge in [0.25, 0.3) is 0 Å². The first kappa shape index (κ1) is 20.9. The van der Waals surface area contributed by atoms with Crippen molar-refractivity contribution < 1.29 is 19.1 Å². The molecule has 1 aliphatic heterocycles. The first-order valence-electron chi connectivity index (χ1n) is 9.47. The molecular formula is C20H31N3O4. The number of rotatable bonds is 7. The van der Waals surface area contributed by atoms with E-state index < -0.39 is 0 Å². The van der Waals surface area contributed by atoms with Gasteiger partial charge in [0.1, 0.15) is 0 Å². The standard InChI is InChI=1S/C20H31N3O4/c1-6-21-20(25)23-8-7-14-10-17(26-4)18(27-5)11-15(14)16(23)12-22-19(24)9-13(2)3/h10-11,13,16H,6-9,12H2,1-5H3,(H,21,25)(H,22,24).